The van der Waals surface area contributed by atoms with Crippen LogP contribution in [0.25, 0.3) is 11.0 Å². The number of rotatable bonds is 3. The molecule has 0 aliphatic carbocycles. The Morgan fingerprint density at radius 2 is 2.00 bits per heavy atom. The van der Waals surface area contributed by atoms with Gasteiger partial charge in [0.15, 0.2) is 5.65 Å². The van der Waals surface area contributed by atoms with E-state index in [4.69, 9.17) is 5.11 Å². The van der Waals surface area contributed by atoms with Crippen LogP contribution in [0.3, 0.4) is 0 Å². The van der Waals surface area contributed by atoms with Crippen LogP contribution in [0.2, 0.25) is 0 Å². The van der Waals surface area contributed by atoms with Gasteiger partial charge in [-0.05, 0) is 17.7 Å². The van der Waals surface area contributed by atoms with Crippen LogP contribution in [0, 0.1) is 0 Å². The average molecular weight is 272 g/mol. The standard InChI is InChI=1S/C13H12N4OS/c1-17-12-11(6-16-17)13(15-8-14-12)19-10-4-2-9(7-18)3-5-10/h2-6,8,18H,7H2,1H3. The molecule has 3 aromatic rings. The smallest absolute Gasteiger partial charge is 0.162 e. The van der Waals surface area contributed by atoms with E-state index in [-0.39, 0.29) is 6.61 Å². The van der Waals surface area contributed by atoms with E-state index in [0.29, 0.717) is 0 Å². The van der Waals surface area contributed by atoms with Crippen LogP contribution >= 0.6 is 11.8 Å². The van der Waals surface area contributed by atoms with Crippen LogP contribution in [-0.4, -0.2) is 24.9 Å². The molecule has 1 aromatic carbocycles. The predicted molar refractivity (Wildman–Crippen MR) is 72.8 cm³/mol. The van der Waals surface area contributed by atoms with Gasteiger partial charge in [-0.2, -0.15) is 5.10 Å². The lowest BCUT2D eigenvalue weighted by molar-refractivity contribution is 0.282. The number of hydrogen-bond donors (Lipinski definition) is 1. The van der Waals surface area contributed by atoms with Gasteiger partial charge >= 0.3 is 0 Å². The zero-order valence-corrected chi connectivity index (χ0v) is 11.1. The largest absolute Gasteiger partial charge is 0.392 e. The molecule has 0 aliphatic heterocycles. The molecule has 0 radical (unpaired) electrons. The third-order valence-corrected chi connectivity index (χ3v) is 3.84. The highest BCUT2D eigenvalue weighted by atomic mass is 32.2. The summed E-state index contributed by atoms with van der Waals surface area (Å²) in [6.07, 6.45) is 3.33. The fourth-order valence-electron chi connectivity index (χ4n) is 1.80. The van der Waals surface area contributed by atoms with Crippen LogP contribution in [-0.2, 0) is 13.7 Å². The Kier molecular flexibility index (Phi) is 3.18. The number of aliphatic hydroxyl groups excluding tert-OH is 1. The first kappa shape index (κ1) is 12.1. The minimum absolute atomic E-state index is 0.0608. The molecule has 0 saturated carbocycles. The summed E-state index contributed by atoms with van der Waals surface area (Å²) in [7, 11) is 1.86. The SMILES string of the molecule is Cn1ncc2c(Sc3ccc(CO)cc3)ncnc21. The Morgan fingerprint density at radius 3 is 2.74 bits per heavy atom. The van der Waals surface area contributed by atoms with E-state index < -0.39 is 0 Å². The first-order chi connectivity index (χ1) is 9.28. The fraction of sp³-hybridized carbons (Fsp3) is 0.154. The summed E-state index contributed by atoms with van der Waals surface area (Å²) in [5.74, 6) is 0. The summed E-state index contributed by atoms with van der Waals surface area (Å²) in [6.45, 7) is 0.0608. The highest BCUT2D eigenvalue weighted by molar-refractivity contribution is 7.99. The summed E-state index contributed by atoms with van der Waals surface area (Å²) >= 11 is 1.56. The van der Waals surface area contributed by atoms with E-state index in [0.717, 1.165) is 26.5 Å². The highest BCUT2D eigenvalue weighted by Gasteiger charge is 2.09. The van der Waals surface area contributed by atoms with Gasteiger partial charge in [-0.3, -0.25) is 4.68 Å². The Hall–Kier alpha value is -1.92. The number of aromatic nitrogens is 4. The molecule has 0 unspecified atom stereocenters. The number of aryl methyl sites for hydroxylation is 1. The number of aliphatic hydroxyl groups is 1. The van der Waals surface area contributed by atoms with Crippen molar-refractivity contribution in [3.8, 4) is 0 Å². The van der Waals surface area contributed by atoms with E-state index in [2.05, 4.69) is 15.1 Å². The lowest BCUT2D eigenvalue weighted by Gasteiger charge is -2.03. The molecule has 0 spiro atoms. The van der Waals surface area contributed by atoms with E-state index in [9.17, 15) is 0 Å². The lowest BCUT2D eigenvalue weighted by Crippen LogP contribution is -1.92. The van der Waals surface area contributed by atoms with Gasteiger partial charge in [0, 0.05) is 11.9 Å². The second-order valence-electron chi connectivity index (χ2n) is 4.09. The zero-order valence-electron chi connectivity index (χ0n) is 10.3. The van der Waals surface area contributed by atoms with Gasteiger partial charge in [-0.15, -0.1) is 0 Å². The van der Waals surface area contributed by atoms with Crippen molar-refractivity contribution >= 4 is 22.8 Å². The Bertz CT molecular complexity index is 708. The quantitative estimate of drug-likeness (QED) is 0.739. The number of fused-ring (bicyclic) bond motifs is 1. The van der Waals surface area contributed by atoms with Crippen LogP contribution in [0.1, 0.15) is 5.56 Å². The van der Waals surface area contributed by atoms with Crippen molar-refractivity contribution in [1.82, 2.24) is 19.7 Å². The van der Waals surface area contributed by atoms with Gasteiger partial charge in [0.05, 0.1) is 18.2 Å². The molecule has 0 amide bonds. The molecule has 2 heterocycles. The predicted octanol–water partition coefficient (Wildman–Crippen LogP) is 2.01. The van der Waals surface area contributed by atoms with E-state index >= 15 is 0 Å². The maximum Gasteiger partial charge on any atom is 0.162 e. The molecule has 0 aliphatic rings. The molecule has 0 bridgehead atoms. The summed E-state index contributed by atoms with van der Waals surface area (Å²) < 4.78 is 1.73. The second kappa shape index (κ2) is 4.99. The van der Waals surface area contributed by atoms with Crippen molar-refractivity contribution in [2.45, 2.75) is 16.5 Å². The summed E-state index contributed by atoms with van der Waals surface area (Å²) in [5.41, 5.74) is 1.73. The third kappa shape index (κ3) is 2.32. The Labute approximate surface area is 114 Å². The van der Waals surface area contributed by atoms with Crippen molar-refractivity contribution in [3.05, 3.63) is 42.4 Å². The first-order valence-electron chi connectivity index (χ1n) is 5.78. The van der Waals surface area contributed by atoms with Crippen LogP contribution < -0.4 is 0 Å². The first-order valence-corrected chi connectivity index (χ1v) is 6.60. The molecular formula is C13H12N4OS. The van der Waals surface area contributed by atoms with Gasteiger partial charge in [-0.1, -0.05) is 23.9 Å². The number of benzene rings is 1. The number of nitrogens with zero attached hydrogens (tertiary/aromatic N) is 4. The van der Waals surface area contributed by atoms with Crippen molar-refractivity contribution in [2.24, 2.45) is 7.05 Å². The summed E-state index contributed by atoms with van der Waals surface area (Å²) in [6, 6.07) is 7.76. The topological polar surface area (TPSA) is 63.8 Å². The molecule has 0 saturated heterocycles. The van der Waals surface area contributed by atoms with Crippen molar-refractivity contribution in [3.63, 3.8) is 0 Å². The van der Waals surface area contributed by atoms with E-state index in [1.165, 1.54) is 0 Å². The molecule has 19 heavy (non-hydrogen) atoms. The molecular weight excluding hydrogens is 260 g/mol. The van der Waals surface area contributed by atoms with Gasteiger partial charge < -0.3 is 5.11 Å². The van der Waals surface area contributed by atoms with Gasteiger partial charge in [-0.25, -0.2) is 9.97 Å². The Morgan fingerprint density at radius 1 is 1.21 bits per heavy atom. The second-order valence-corrected chi connectivity index (χ2v) is 5.15. The monoisotopic (exact) mass is 272 g/mol. The number of hydrogen-bond acceptors (Lipinski definition) is 5. The van der Waals surface area contributed by atoms with E-state index in [1.54, 1.807) is 29.0 Å². The summed E-state index contributed by atoms with van der Waals surface area (Å²) in [5, 5.41) is 15.0. The van der Waals surface area contributed by atoms with Crippen LogP contribution in [0.15, 0.2) is 46.7 Å². The minimum atomic E-state index is 0.0608. The molecule has 6 heteroatoms. The van der Waals surface area contributed by atoms with Crippen LogP contribution in [0.5, 0.6) is 0 Å². The molecule has 3 rings (SSSR count). The molecule has 0 atom stereocenters. The molecule has 1 N–H and O–H groups in total. The maximum absolute atomic E-state index is 9.02. The zero-order chi connectivity index (χ0) is 13.2. The fourth-order valence-corrected chi connectivity index (χ4v) is 2.65. The van der Waals surface area contributed by atoms with E-state index in [1.807, 2.05) is 31.3 Å². The highest BCUT2D eigenvalue weighted by Crippen LogP contribution is 2.30. The van der Waals surface area contributed by atoms with Gasteiger partial charge in [0.25, 0.3) is 0 Å². The minimum Gasteiger partial charge on any atom is -0.392 e. The van der Waals surface area contributed by atoms with Crippen molar-refractivity contribution < 1.29 is 5.11 Å². The van der Waals surface area contributed by atoms with Crippen molar-refractivity contribution in [1.29, 1.82) is 0 Å². The third-order valence-electron chi connectivity index (χ3n) is 2.81. The van der Waals surface area contributed by atoms with Gasteiger partial charge in [0.2, 0.25) is 0 Å². The summed E-state index contributed by atoms with van der Waals surface area (Å²) in [4.78, 5) is 9.59. The normalized spacial score (nSPS) is 11.1. The Balaban J connectivity index is 1.96. The molecule has 2 aromatic heterocycles. The van der Waals surface area contributed by atoms with Gasteiger partial charge in [0.1, 0.15) is 11.4 Å². The molecule has 0 fully saturated rings. The lowest BCUT2D eigenvalue weighted by atomic mass is 10.2. The van der Waals surface area contributed by atoms with Crippen LogP contribution in [0.4, 0.5) is 0 Å². The molecule has 5 nitrogen and oxygen atoms in total. The average Bonchev–Trinajstić information content (AvgIpc) is 2.83. The van der Waals surface area contributed by atoms with Crippen molar-refractivity contribution in [2.75, 3.05) is 0 Å². The maximum atomic E-state index is 9.02. The molecule has 96 valence electrons.